The summed E-state index contributed by atoms with van der Waals surface area (Å²) in [5, 5.41) is 14.1. The molecule has 0 bridgehead atoms. The molecular formula is C21H16N4O. The van der Waals surface area contributed by atoms with Gasteiger partial charge in [-0.15, -0.1) is 0 Å². The SMILES string of the molecule is N#Cc1ccc2c(-c3ccccc3[C@@H](N)Cc3ccccn3)noc2c1. The average Bonchev–Trinajstić information content (AvgIpc) is 3.11. The standard InChI is InChI=1S/C21H16N4O/c22-13-14-8-9-18-20(11-14)26-25-21(18)17-7-2-1-6-16(17)19(23)12-15-5-3-4-10-24-15/h1-11,19H,12,23H2/t19-/m0/s1. The fraction of sp³-hybridized carbons (Fsp3) is 0.0952. The minimum Gasteiger partial charge on any atom is -0.356 e. The number of hydrogen-bond acceptors (Lipinski definition) is 5. The van der Waals surface area contributed by atoms with Crippen LogP contribution in [0.3, 0.4) is 0 Å². The van der Waals surface area contributed by atoms with Gasteiger partial charge in [0, 0.05) is 41.4 Å². The van der Waals surface area contributed by atoms with Crippen LogP contribution in [0.2, 0.25) is 0 Å². The maximum absolute atomic E-state index is 9.04. The van der Waals surface area contributed by atoms with E-state index >= 15 is 0 Å². The van der Waals surface area contributed by atoms with E-state index < -0.39 is 0 Å². The van der Waals surface area contributed by atoms with Crippen LogP contribution in [0.25, 0.3) is 22.2 Å². The molecule has 0 saturated heterocycles. The maximum atomic E-state index is 9.04. The lowest BCUT2D eigenvalue weighted by molar-refractivity contribution is 0.459. The third kappa shape index (κ3) is 2.94. The summed E-state index contributed by atoms with van der Waals surface area (Å²) in [6, 6.07) is 20.9. The molecule has 26 heavy (non-hydrogen) atoms. The molecule has 0 amide bonds. The highest BCUT2D eigenvalue weighted by Gasteiger charge is 2.18. The van der Waals surface area contributed by atoms with Crippen molar-refractivity contribution in [3.8, 4) is 17.3 Å². The van der Waals surface area contributed by atoms with E-state index in [1.54, 1.807) is 18.3 Å². The highest BCUT2D eigenvalue weighted by molar-refractivity contribution is 5.93. The summed E-state index contributed by atoms with van der Waals surface area (Å²) in [4.78, 5) is 4.36. The molecule has 2 aromatic heterocycles. The van der Waals surface area contributed by atoms with Crippen LogP contribution in [0.1, 0.15) is 22.9 Å². The van der Waals surface area contributed by atoms with Gasteiger partial charge >= 0.3 is 0 Å². The molecule has 0 fully saturated rings. The van der Waals surface area contributed by atoms with Gasteiger partial charge in [-0.25, -0.2) is 0 Å². The molecule has 0 aliphatic heterocycles. The Hall–Kier alpha value is -3.49. The summed E-state index contributed by atoms with van der Waals surface area (Å²) in [6.45, 7) is 0. The topological polar surface area (TPSA) is 88.7 Å². The van der Waals surface area contributed by atoms with Gasteiger partial charge in [-0.3, -0.25) is 4.98 Å². The molecule has 1 atom stereocenters. The van der Waals surface area contributed by atoms with Gasteiger partial charge in [0.25, 0.3) is 0 Å². The lowest BCUT2D eigenvalue weighted by Gasteiger charge is -2.15. The maximum Gasteiger partial charge on any atom is 0.168 e. The summed E-state index contributed by atoms with van der Waals surface area (Å²) in [5.74, 6) is 0. The Balaban J connectivity index is 1.76. The summed E-state index contributed by atoms with van der Waals surface area (Å²) < 4.78 is 5.44. The van der Waals surface area contributed by atoms with Crippen molar-refractivity contribution in [1.82, 2.24) is 10.1 Å². The third-order valence-electron chi connectivity index (χ3n) is 4.37. The number of nitrogens with zero attached hydrogens (tertiary/aromatic N) is 3. The smallest absolute Gasteiger partial charge is 0.168 e. The van der Waals surface area contributed by atoms with E-state index in [4.69, 9.17) is 15.5 Å². The van der Waals surface area contributed by atoms with E-state index in [1.165, 1.54) is 0 Å². The van der Waals surface area contributed by atoms with Crippen LogP contribution < -0.4 is 5.73 Å². The molecule has 4 rings (SSSR count). The number of rotatable bonds is 4. The Morgan fingerprint density at radius 3 is 2.73 bits per heavy atom. The molecule has 5 heteroatoms. The predicted molar refractivity (Wildman–Crippen MR) is 99.0 cm³/mol. The van der Waals surface area contributed by atoms with Crippen molar-refractivity contribution in [2.75, 3.05) is 0 Å². The molecule has 2 aromatic carbocycles. The molecule has 4 aromatic rings. The Morgan fingerprint density at radius 2 is 1.92 bits per heavy atom. The van der Waals surface area contributed by atoms with Crippen LogP contribution in [0.4, 0.5) is 0 Å². The van der Waals surface area contributed by atoms with Gasteiger partial charge in [-0.05, 0) is 29.8 Å². The van der Waals surface area contributed by atoms with Crippen molar-refractivity contribution in [2.45, 2.75) is 12.5 Å². The Bertz CT molecular complexity index is 1100. The first-order valence-electron chi connectivity index (χ1n) is 8.30. The van der Waals surface area contributed by atoms with Crippen LogP contribution >= 0.6 is 0 Å². The molecular weight excluding hydrogens is 324 g/mol. The summed E-state index contributed by atoms with van der Waals surface area (Å²) in [6.07, 6.45) is 2.40. The second-order valence-corrected chi connectivity index (χ2v) is 6.07. The van der Waals surface area contributed by atoms with E-state index in [2.05, 4.69) is 16.2 Å². The van der Waals surface area contributed by atoms with E-state index in [1.807, 2.05) is 48.5 Å². The quantitative estimate of drug-likeness (QED) is 0.606. The van der Waals surface area contributed by atoms with Crippen LogP contribution in [0.5, 0.6) is 0 Å². The summed E-state index contributed by atoms with van der Waals surface area (Å²) in [7, 11) is 0. The molecule has 2 heterocycles. The van der Waals surface area contributed by atoms with Gasteiger partial charge in [0.1, 0.15) is 5.69 Å². The number of nitriles is 1. The van der Waals surface area contributed by atoms with Crippen LogP contribution in [0, 0.1) is 11.3 Å². The van der Waals surface area contributed by atoms with Crippen molar-refractivity contribution >= 4 is 11.0 Å². The van der Waals surface area contributed by atoms with Gasteiger partial charge in [0.2, 0.25) is 0 Å². The molecule has 0 aliphatic rings. The number of fused-ring (bicyclic) bond motifs is 1. The molecule has 126 valence electrons. The zero-order valence-electron chi connectivity index (χ0n) is 14.0. The molecule has 0 saturated carbocycles. The monoisotopic (exact) mass is 340 g/mol. The molecule has 0 radical (unpaired) electrons. The van der Waals surface area contributed by atoms with E-state index in [0.717, 1.165) is 27.9 Å². The van der Waals surface area contributed by atoms with Crippen molar-refractivity contribution in [3.05, 3.63) is 83.7 Å². The largest absolute Gasteiger partial charge is 0.356 e. The van der Waals surface area contributed by atoms with Gasteiger partial charge < -0.3 is 10.3 Å². The minimum atomic E-state index is -0.216. The molecule has 0 unspecified atom stereocenters. The zero-order chi connectivity index (χ0) is 17.9. The number of pyridine rings is 1. The highest BCUT2D eigenvalue weighted by atomic mass is 16.5. The normalized spacial score (nSPS) is 12.0. The Morgan fingerprint density at radius 1 is 1.08 bits per heavy atom. The fourth-order valence-electron chi connectivity index (χ4n) is 3.09. The van der Waals surface area contributed by atoms with Gasteiger partial charge in [-0.2, -0.15) is 5.26 Å². The van der Waals surface area contributed by atoms with Crippen molar-refractivity contribution in [2.24, 2.45) is 5.73 Å². The van der Waals surface area contributed by atoms with E-state index in [9.17, 15) is 0 Å². The first-order chi connectivity index (χ1) is 12.8. The number of hydrogen-bond donors (Lipinski definition) is 1. The zero-order valence-corrected chi connectivity index (χ0v) is 14.0. The number of benzene rings is 2. The molecule has 0 spiro atoms. The molecule has 5 nitrogen and oxygen atoms in total. The van der Waals surface area contributed by atoms with E-state index in [-0.39, 0.29) is 6.04 Å². The second kappa shape index (κ2) is 6.79. The lowest BCUT2D eigenvalue weighted by atomic mass is 9.94. The molecule has 2 N–H and O–H groups in total. The van der Waals surface area contributed by atoms with Crippen molar-refractivity contribution < 1.29 is 4.52 Å². The Kier molecular flexibility index (Phi) is 4.18. The molecule has 0 aliphatic carbocycles. The van der Waals surface area contributed by atoms with Crippen LogP contribution in [-0.4, -0.2) is 10.1 Å². The number of aromatic nitrogens is 2. The summed E-state index contributed by atoms with van der Waals surface area (Å²) in [5.41, 5.74) is 11.2. The first-order valence-corrected chi connectivity index (χ1v) is 8.30. The average molecular weight is 340 g/mol. The van der Waals surface area contributed by atoms with Gasteiger partial charge in [-0.1, -0.05) is 35.5 Å². The third-order valence-corrected chi connectivity index (χ3v) is 4.37. The van der Waals surface area contributed by atoms with Crippen LogP contribution in [0.15, 0.2) is 71.4 Å². The fourth-order valence-corrected chi connectivity index (χ4v) is 3.09. The van der Waals surface area contributed by atoms with Crippen molar-refractivity contribution in [3.63, 3.8) is 0 Å². The van der Waals surface area contributed by atoms with Crippen molar-refractivity contribution in [1.29, 1.82) is 5.26 Å². The predicted octanol–water partition coefficient (Wildman–Crippen LogP) is 4.00. The lowest BCUT2D eigenvalue weighted by Crippen LogP contribution is -2.15. The summed E-state index contributed by atoms with van der Waals surface area (Å²) >= 11 is 0. The minimum absolute atomic E-state index is 0.216. The van der Waals surface area contributed by atoms with Crippen LogP contribution in [-0.2, 0) is 6.42 Å². The second-order valence-electron chi connectivity index (χ2n) is 6.07. The highest BCUT2D eigenvalue weighted by Crippen LogP contribution is 2.33. The van der Waals surface area contributed by atoms with Gasteiger partial charge in [0.15, 0.2) is 5.58 Å². The first kappa shape index (κ1) is 16.0. The number of nitrogens with two attached hydrogens (primary N) is 1. The van der Waals surface area contributed by atoms with Gasteiger partial charge in [0.05, 0.1) is 11.6 Å². The Labute approximate surface area is 150 Å². The van der Waals surface area contributed by atoms with E-state index in [0.29, 0.717) is 17.6 Å².